The molecule has 1 nitrogen and oxygen atoms in total. The summed E-state index contributed by atoms with van der Waals surface area (Å²) in [6.07, 6.45) is 2.63. The van der Waals surface area contributed by atoms with Crippen LogP contribution in [0.5, 0.6) is 0 Å². The van der Waals surface area contributed by atoms with E-state index < -0.39 is 0 Å². The Morgan fingerprint density at radius 3 is 2.57 bits per heavy atom. The van der Waals surface area contributed by atoms with Crippen molar-refractivity contribution >= 4 is 0 Å². The quantitative estimate of drug-likeness (QED) is 0.767. The first-order valence-electron chi connectivity index (χ1n) is 7.58. The minimum Gasteiger partial charge on any atom is -0.303 e. The van der Waals surface area contributed by atoms with E-state index in [9.17, 15) is 0 Å². The first kappa shape index (κ1) is 15.4. The van der Waals surface area contributed by atoms with Crippen molar-refractivity contribution in [1.29, 1.82) is 0 Å². The molecule has 105 valence electrons. The number of benzene rings is 2. The Labute approximate surface area is 152 Å². The van der Waals surface area contributed by atoms with Crippen LogP contribution in [-0.2, 0) is 39.1 Å². The minimum atomic E-state index is 0. The fraction of sp³-hybridized carbons (Fsp3) is 0.368. The largest absolute Gasteiger partial charge is 0.303 e. The van der Waals surface area contributed by atoms with Crippen LogP contribution < -0.4 is 0 Å². The van der Waals surface area contributed by atoms with Crippen molar-refractivity contribution in [3.8, 4) is 11.1 Å². The van der Waals surface area contributed by atoms with E-state index in [1.807, 2.05) is 12.1 Å². The third-order valence-corrected chi connectivity index (χ3v) is 4.84. The summed E-state index contributed by atoms with van der Waals surface area (Å²) in [7, 11) is 0. The van der Waals surface area contributed by atoms with Crippen LogP contribution in [0.3, 0.4) is 0 Å². The smallest absolute Gasteiger partial charge is 0.00132 e. The van der Waals surface area contributed by atoms with E-state index in [1.54, 1.807) is 0 Å². The maximum atomic E-state index is 3.43. The number of hydrogen-bond donors (Lipinski definition) is 0. The Bertz CT molecular complexity index is 578. The molecule has 0 spiro atoms. The molecule has 3 unspecified atom stereocenters. The first-order chi connectivity index (χ1) is 9.88. The Morgan fingerprint density at radius 1 is 1.05 bits per heavy atom. The molecule has 21 heavy (non-hydrogen) atoms. The zero-order valence-electron chi connectivity index (χ0n) is 12.3. The van der Waals surface area contributed by atoms with Gasteiger partial charge in [-0.25, -0.2) is 11.1 Å². The first-order valence-corrected chi connectivity index (χ1v) is 7.58. The average molecular weight is 350 g/mol. The zero-order valence-corrected chi connectivity index (χ0v) is 15.1. The Morgan fingerprint density at radius 2 is 1.95 bits per heavy atom. The van der Waals surface area contributed by atoms with Gasteiger partial charge in [0.25, 0.3) is 0 Å². The molecule has 0 saturated carbocycles. The fourth-order valence-corrected chi connectivity index (χ4v) is 3.74. The molecule has 2 aliphatic heterocycles. The maximum absolute atomic E-state index is 3.43. The van der Waals surface area contributed by atoms with E-state index >= 15 is 0 Å². The summed E-state index contributed by atoms with van der Waals surface area (Å²) >= 11 is 0. The van der Waals surface area contributed by atoms with Crippen LogP contribution in [0, 0.1) is 24.0 Å². The second-order valence-electron chi connectivity index (χ2n) is 6.16. The summed E-state index contributed by atoms with van der Waals surface area (Å²) in [5.74, 6) is 1.81. The Balaban J connectivity index is 0.00000132. The number of nitrogens with zero attached hydrogens (tertiary/aromatic N) is 1. The van der Waals surface area contributed by atoms with Gasteiger partial charge in [0.1, 0.15) is 0 Å². The van der Waals surface area contributed by atoms with E-state index in [2.05, 4.69) is 47.4 Å². The molecule has 2 heteroatoms. The molecular formula is C19H19NY-2. The van der Waals surface area contributed by atoms with E-state index in [0.29, 0.717) is 0 Å². The predicted molar refractivity (Wildman–Crippen MR) is 81.3 cm³/mol. The van der Waals surface area contributed by atoms with Gasteiger partial charge in [0.2, 0.25) is 0 Å². The summed E-state index contributed by atoms with van der Waals surface area (Å²) in [5, 5.41) is 0. The molecule has 2 aliphatic rings. The predicted octanol–water partition coefficient (Wildman–Crippen LogP) is 3.45. The minimum absolute atomic E-state index is 0. The van der Waals surface area contributed by atoms with Crippen molar-refractivity contribution in [2.45, 2.75) is 12.8 Å². The summed E-state index contributed by atoms with van der Waals surface area (Å²) in [6.45, 7) is 3.97. The van der Waals surface area contributed by atoms with Crippen molar-refractivity contribution in [3.63, 3.8) is 0 Å². The molecule has 2 aromatic rings. The fourth-order valence-electron chi connectivity index (χ4n) is 3.74. The van der Waals surface area contributed by atoms with Gasteiger partial charge in [-0.05, 0) is 24.8 Å². The molecule has 0 aromatic heterocycles. The molecule has 2 saturated heterocycles. The van der Waals surface area contributed by atoms with E-state index in [0.717, 1.165) is 23.0 Å². The molecule has 2 aromatic carbocycles. The molecule has 3 atom stereocenters. The van der Waals surface area contributed by atoms with Crippen LogP contribution in [0.1, 0.15) is 12.0 Å². The van der Waals surface area contributed by atoms with Gasteiger partial charge in [-0.3, -0.25) is 0 Å². The molecule has 0 amide bonds. The van der Waals surface area contributed by atoms with Crippen molar-refractivity contribution in [3.05, 3.63) is 60.2 Å². The van der Waals surface area contributed by atoms with Crippen LogP contribution in [0.4, 0.5) is 0 Å². The van der Waals surface area contributed by atoms with Gasteiger partial charge in [-0.2, -0.15) is 48.5 Å². The molecule has 2 bridgehead atoms. The Kier molecular flexibility index (Phi) is 4.93. The molecule has 2 fully saturated rings. The molecule has 4 rings (SSSR count). The normalized spacial score (nSPS) is 26.6. The van der Waals surface area contributed by atoms with Crippen LogP contribution >= 0.6 is 0 Å². The SMILES string of the molecule is [Y].[c-]1ccccc1-c1[c-]cc(CC2CN3CCC2C3)cc1. The van der Waals surface area contributed by atoms with Gasteiger partial charge in [-0.15, -0.1) is 11.6 Å². The zero-order chi connectivity index (χ0) is 13.4. The van der Waals surface area contributed by atoms with Crippen LogP contribution in [-0.4, -0.2) is 24.5 Å². The summed E-state index contributed by atoms with van der Waals surface area (Å²) in [6, 6.07) is 21.4. The monoisotopic (exact) mass is 350 g/mol. The number of rotatable bonds is 3. The molecule has 0 aliphatic carbocycles. The molecule has 2 heterocycles. The maximum Gasteiger partial charge on any atom is 0.00132 e. The molecule has 1 radical (unpaired) electrons. The number of piperidine rings is 1. The second-order valence-corrected chi connectivity index (χ2v) is 6.16. The van der Waals surface area contributed by atoms with E-state index in [-0.39, 0.29) is 32.7 Å². The van der Waals surface area contributed by atoms with Gasteiger partial charge in [0.05, 0.1) is 0 Å². The Hall–Kier alpha value is -0.496. The van der Waals surface area contributed by atoms with Crippen molar-refractivity contribution in [1.82, 2.24) is 4.90 Å². The van der Waals surface area contributed by atoms with Crippen molar-refractivity contribution in [2.75, 3.05) is 19.6 Å². The summed E-state index contributed by atoms with van der Waals surface area (Å²) in [4.78, 5) is 2.62. The second kappa shape index (κ2) is 6.73. The van der Waals surface area contributed by atoms with Gasteiger partial charge >= 0.3 is 0 Å². The third-order valence-electron chi connectivity index (χ3n) is 4.84. The average Bonchev–Trinajstić information content (AvgIpc) is 3.12. The van der Waals surface area contributed by atoms with Crippen LogP contribution in [0.15, 0.2) is 42.5 Å². The van der Waals surface area contributed by atoms with Gasteiger partial charge < -0.3 is 4.90 Å². The van der Waals surface area contributed by atoms with Gasteiger partial charge in [0.15, 0.2) is 0 Å². The number of fused-ring (bicyclic) bond motifs is 2. The molecular weight excluding hydrogens is 331 g/mol. The summed E-state index contributed by atoms with van der Waals surface area (Å²) in [5.41, 5.74) is 3.71. The van der Waals surface area contributed by atoms with Crippen molar-refractivity contribution in [2.24, 2.45) is 11.8 Å². The van der Waals surface area contributed by atoms with Gasteiger partial charge in [0, 0.05) is 45.8 Å². The number of hydrogen-bond acceptors (Lipinski definition) is 1. The summed E-state index contributed by atoms with van der Waals surface area (Å²) < 4.78 is 0. The standard InChI is InChI=1S/C19H19N.Y/c1-2-4-16(5-3-1)17-8-6-15(7-9-17)12-19-14-20-11-10-18(19)13-20;/h1-4,6-8,18-19H,10-14H2;/q-2;. The third kappa shape index (κ3) is 3.31. The van der Waals surface area contributed by atoms with E-state index in [4.69, 9.17) is 0 Å². The van der Waals surface area contributed by atoms with E-state index in [1.165, 1.54) is 38.0 Å². The van der Waals surface area contributed by atoms with Crippen LogP contribution in [0.25, 0.3) is 11.1 Å². The van der Waals surface area contributed by atoms with Crippen molar-refractivity contribution < 1.29 is 32.7 Å². The van der Waals surface area contributed by atoms with Gasteiger partial charge in [-0.1, -0.05) is 6.42 Å². The molecule has 0 N–H and O–H groups in total. The topological polar surface area (TPSA) is 3.24 Å². The van der Waals surface area contributed by atoms with Crippen LogP contribution in [0.2, 0.25) is 0 Å².